The fourth-order valence-corrected chi connectivity index (χ4v) is 2.66. The Morgan fingerprint density at radius 2 is 1.64 bits per heavy atom. The average molecular weight is 333 g/mol. The predicted octanol–water partition coefficient (Wildman–Crippen LogP) is 4.52. The minimum absolute atomic E-state index is 0.0984. The van der Waals surface area contributed by atoms with Crippen molar-refractivity contribution in [2.75, 3.05) is 0 Å². The highest BCUT2D eigenvalue weighted by atomic mass is 16.1. The van der Waals surface area contributed by atoms with Gasteiger partial charge in [0.05, 0.1) is 16.9 Å². The van der Waals surface area contributed by atoms with Gasteiger partial charge in [0.1, 0.15) is 0 Å². The molecular weight excluding hydrogens is 310 g/mol. The molecule has 0 unspecified atom stereocenters. The van der Waals surface area contributed by atoms with E-state index < -0.39 is 0 Å². The van der Waals surface area contributed by atoms with Crippen LogP contribution in [-0.4, -0.2) is 16.0 Å². The standard InChI is InChI=1S/C21H23N3O/c1-15-19(20(25)24(23-15)18-8-6-5-7-9-18)14-22-17-12-10-16(11-13-17)21(2,3)4/h5-14,23H,1-4H3. The Labute approximate surface area is 147 Å². The summed E-state index contributed by atoms with van der Waals surface area (Å²) in [6.07, 6.45) is 1.64. The van der Waals surface area contributed by atoms with Crippen molar-refractivity contribution in [3.63, 3.8) is 0 Å². The molecule has 3 aromatic rings. The first-order valence-corrected chi connectivity index (χ1v) is 8.38. The Hall–Kier alpha value is -2.88. The third kappa shape index (κ3) is 3.63. The second-order valence-electron chi connectivity index (χ2n) is 7.18. The van der Waals surface area contributed by atoms with Gasteiger partial charge in [-0.25, -0.2) is 4.68 Å². The number of H-pyrrole nitrogens is 1. The first kappa shape index (κ1) is 17.0. The van der Waals surface area contributed by atoms with Crippen molar-refractivity contribution < 1.29 is 0 Å². The molecule has 0 radical (unpaired) electrons. The molecule has 1 aromatic heterocycles. The number of nitrogens with one attached hydrogen (secondary N) is 1. The number of rotatable bonds is 3. The summed E-state index contributed by atoms with van der Waals surface area (Å²) in [5.74, 6) is 0. The molecule has 0 atom stereocenters. The summed E-state index contributed by atoms with van der Waals surface area (Å²) in [7, 11) is 0. The quantitative estimate of drug-likeness (QED) is 0.704. The highest BCUT2D eigenvalue weighted by Gasteiger charge is 2.13. The summed E-state index contributed by atoms with van der Waals surface area (Å²) in [5.41, 5.74) is 4.29. The predicted molar refractivity (Wildman–Crippen MR) is 104 cm³/mol. The molecule has 0 saturated carbocycles. The summed E-state index contributed by atoms with van der Waals surface area (Å²) in [5, 5.41) is 3.11. The van der Waals surface area contributed by atoms with E-state index in [-0.39, 0.29) is 11.0 Å². The lowest BCUT2D eigenvalue weighted by Gasteiger charge is -2.18. The number of nitrogens with zero attached hydrogens (tertiary/aromatic N) is 2. The number of hydrogen-bond acceptors (Lipinski definition) is 2. The van der Waals surface area contributed by atoms with Gasteiger partial charge in [0.25, 0.3) is 5.56 Å². The molecule has 0 aliphatic carbocycles. The molecule has 0 fully saturated rings. The van der Waals surface area contributed by atoms with E-state index in [0.29, 0.717) is 5.56 Å². The van der Waals surface area contributed by atoms with Crippen LogP contribution in [0.3, 0.4) is 0 Å². The largest absolute Gasteiger partial charge is 0.295 e. The number of aromatic amines is 1. The second-order valence-corrected chi connectivity index (χ2v) is 7.18. The number of aryl methyl sites for hydroxylation is 1. The minimum atomic E-state index is -0.0984. The van der Waals surface area contributed by atoms with E-state index in [1.165, 1.54) is 5.56 Å². The molecule has 4 heteroatoms. The first-order chi connectivity index (χ1) is 11.9. The van der Waals surface area contributed by atoms with Crippen molar-refractivity contribution in [3.8, 4) is 5.69 Å². The van der Waals surface area contributed by atoms with Crippen molar-refractivity contribution in [3.05, 3.63) is 81.8 Å². The van der Waals surface area contributed by atoms with Gasteiger partial charge < -0.3 is 0 Å². The van der Waals surface area contributed by atoms with Crippen LogP contribution in [0.2, 0.25) is 0 Å². The molecule has 3 rings (SSSR count). The third-order valence-corrected chi connectivity index (χ3v) is 4.21. The zero-order chi connectivity index (χ0) is 18.0. The van der Waals surface area contributed by atoms with Crippen LogP contribution in [0, 0.1) is 6.92 Å². The number of benzene rings is 2. The highest BCUT2D eigenvalue weighted by molar-refractivity contribution is 5.83. The summed E-state index contributed by atoms with van der Waals surface area (Å²) in [4.78, 5) is 17.1. The molecule has 0 saturated heterocycles. The Morgan fingerprint density at radius 1 is 1.00 bits per heavy atom. The van der Waals surface area contributed by atoms with E-state index in [1.807, 2.05) is 49.4 Å². The molecule has 25 heavy (non-hydrogen) atoms. The fraction of sp³-hybridized carbons (Fsp3) is 0.238. The lowest BCUT2D eigenvalue weighted by Crippen LogP contribution is -2.17. The molecule has 2 aromatic carbocycles. The van der Waals surface area contributed by atoms with Gasteiger partial charge in [-0.05, 0) is 42.2 Å². The van der Waals surface area contributed by atoms with Gasteiger partial charge in [0, 0.05) is 11.9 Å². The molecule has 1 heterocycles. The Kier molecular flexibility index (Phi) is 4.45. The number of hydrogen-bond donors (Lipinski definition) is 1. The zero-order valence-corrected chi connectivity index (χ0v) is 15.1. The molecular formula is C21H23N3O. The molecule has 0 aliphatic heterocycles. The summed E-state index contributed by atoms with van der Waals surface area (Å²) in [6.45, 7) is 8.42. The van der Waals surface area contributed by atoms with Crippen molar-refractivity contribution in [1.82, 2.24) is 9.78 Å². The van der Waals surface area contributed by atoms with E-state index in [4.69, 9.17) is 0 Å². The van der Waals surface area contributed by atoms with Crippen LogP contribution in [0.1, 0.15) is 37.6 Å². The van der Waals surface area contributed by atoms with Crippen LogP contribution in [0.15, 0.2) is 64.4 Å². The topological polar surface area (TPSA) is 50.1 Å². The zero-order valence-electron chi connectivity index (χ0n) is 15.1. The van der Waals surface area contributed by atoms with Crippen molar-refractivity contribution in [2.24, 2.45) is 4.99 Å². The second kappa shape index (κ2) is 6.55. The van der Waals surface area contributed by atoms with E-state index >= 15 is 0 Å². The van der Waals surface area contributed by atoms with Gasteiger partial charge in [-0.15, -0.1) is 0 Å². The monoisotopic (exact) mass is 333 g/mol. The molecule has 4 nitrogen and oxygen atoms in total. The third-order valence-electron chi connectivity index (χ3n) is 4.21. The maximum absolute atomic E-state index is 12.6. The Bertz CT molecular complexity index is 940. The van der Waals surface area contributed by atoms with Gasteiger partial charge in [0.15, 0.2) is 0 Å². The lowest BCUT2D eigenvalue weighted by atomic mass is 9.87. The minimum Gasteiger partial charge on any atom is -0.295 e. The van der Waals surface area contributed by atoms with Crippen LogP contribution < -0.4 is 5.56 Å². The van der Waals surface area contributed by atoms with Crippen LogP contribution in [0.5, 0.6) is 0 Å². The Balaban J connectivity index is 1.90. The van der Waals surface area contributed by atoms with E-state index in [0.717, 1.165) is 17.1 Å². The van der Waals surface area contributed by atoms with Crippen molar-refractivity contribution >= 4 is 11.9 Å². The van der Waals surface area contributed by atoms with Crippen LogP contribution in [0.4, 0.5) is 5.69 Å². The average Bonchev–Trinajstić information content (AvgIpc) is 2.88. The summed E-state index contributed by atoms with van der Waals surface area (Å²) < 4.78 is 1.54. The van der Waals surface area contributed by atoms with Gasteiger partial charge in [-0.2, -0.15) is 0 Å². The van der Waals surface area contributed by atoms with Crippen molar-refractivity contribution in [1.29, 1.82) is 0 Å². The Morgan fingerprint density at radius 3 is 2.24 bits per heavy atom. The number of aliphatic imine (C=N–C) groups is 1. The van der Waals surface area contributed by atoms with Gasteiger partial charge in [-0.3, -0.25) is 14.9 Å². The molecule has 128 valence electrons. The van der Waals surface area contributed by atoms with E-state index in [1.54, 1.807) is 10.9 Å². The molecule has 0 amide bonds. The number of aromatic nitrogens is 2. The van der Waals surface area contributed by atoms with Crippen molar-refractivity contribution in [2.45, 2.75) is 33.1 Å². The van der Waals surface area contributed by atoms with Gasteiger partial charge in [-0.1, -0.05) is 51.1 Å². The maximum Gasteiger partial charge on any atom is 0.280 e. The van der Waals surface area contributed by atoms with E-state index in [2.05, 4.69) is 43.0 Å². The van der Waals surface area contributed by atoms with Crippen LogP contribution in [0.25, 0.3) is 5.69 Å². The molecule has 1 N–H and O–H groups in total. The SMILES string of the molecule is Cc1[nH]n(-c2ccccc2)c(=O)c1C=Nc1ccc(C(C)(C)C)cc1. The molecule has 0 bridgehead atoms. The first-order valence-electron chi connectivity index (χ1n) is 8.38. The summed E-state index contributed by atoms with van der Waals surface area (Å²) >= 11 is 0. The van der Waals surface area contributed by atoms with Gasteiger partial charge >= 0.3 is 0 Å². The van der Waals surface area contributed by atoms with E-state index in [9.17, 15) is 4.79 Å². The fourth-order valence-electron chi connectivity index (χ4n) is 2.66. The molecule has 0 spiro atoms. The summed E-state index contributed by atoms with van der Waals surface area (Å²) in [6, 6.07) is 17.6. The van der Waals surface area contributed by atoms with Crippen LogP contribution >= 0.6 is 0 Å². The normalized spacial score (nSPS) is 12.0. The maximum atomic E-state index is 12.6. The number of para-hydroxylation sites is 1. The van der Waals surface area contributed by atoms with Gasteiger partial charge in [0.2, 0.25) is 0 Å². The smallest absolute Gasteiger partial charge is 0.280 e. The lowest BCUT2D eigenvalue weighted by molar-refractivity contribution is 0.590. The van der Waals surface area contributed by atoms with Crippen LogP contribution in [-0.2, 0) is 5.41 Å². The molecule has 0 aliphatic rings. The highest BCUT2D eigenvalue weighted by Crippen LogP contribution is 2.24.